The van der Waals surface area contributed by atoms with Crippen LogP contribution in [0.4, 0.5) is 0 Å². The molecule has 0 atom stereocenters. The van der Waals surface area contributed by atoms with Gasteiger partial charge in [-0.05, 0) is 10.4 Å². The molecule has 0 aromatic carbocycles. The van der Waals surface area contributed by atoms with Crippen molar-refractivity contribution in [2.45, 2.75) is 11.7 Å². The number of thioether (sulfide) groups is 1. The highest BCUT2D eigenvalue weighted by molar-refractivity contribution is 7.99. The fraction of sp³-hybridized carbons (Fsp3) is 0.364. The zero-order chi connectivity index (χ0) is 14.4. The second kappa shape index (κ2) is 6.85. The molecule has 0 saturated heterocycles. The van der Waals surface area contributed by atoms with Gasteiger partial charge in [-0.1, -0.05) is 11.8 Å². The summed E-state index contributed by atoms with van der Waals surface area (Å²) in [5.41, 5.74) is -0.0738. The molecular weight excluding hydrogens is 280 g/mol. The number of aryl methyl sites for hydroxylation is 1. The van der Waals surface area contributed by atoms with Gasteiger partial charge in [-0.15, -0.1) is 5.10 Å². The summed E-state index contributed by atoms with van der Waals surface area (Å²) in [5.74, 6) is 0.578. The first-order valence-corrected chi connectivity index (χ1v) is 6.91. The maximum Gasteiger partial charge on any atom is 0.239 e. The van der Waals surface area contributed by atoms with Crippen molar-refractivity contribution in [1.29, 1.82) is 0 Å². The Kier molecular flexibility index (Phi) is 4.88. The fourth-order valence-electron chi connectivity index (χ4n) is 1.45. The molecule has 106 valence electrons. The molecule has 0 unspecified atom stereocenters. The lowest BCUT2D eigenvalue weighted by molar-refractivity contribution is -0.121. The topological polar surface area (TPSA) is 94.7 Å². The minimum absolute atomic E-state index is 0.0738. The summed E-state index contributed by atoms with van der Waals surface area (Å²) in [6.07, 6.45) is 3.17. The van der Waals surface area contributed by atoms with Gasteiger partial charge in [0.2, 0.25) is 11.1 Å². The van der Waals surface area contributed by atoms with Gasteiger partial charge in [0.05, 0.1) is 0 Å². The molecule has 2 rings (SSSR count). The molecule has 0 aliphatic carbocycles. The van der Waals surface area contributed by atoms with Crippen molar-refractivity contribution in [3.63, 3.8) is 0 Å². The molecule has 0 saturated carbocycles. The van der Waals surface area contributed by atoms with Gasteiger partial charge in [0.1, 0.15) is 6.54 Å². The van der Waals surface area contributed by atoms with Crippen LogP contribution in [0, 0.1) is 0 Å². The predicted octanol–water partition coefficient (Wildman–Crippen LogP) is -0.720. The van der Waals surface area contributed by atoms with Crippen LogP contribution in [0.5, 0.6) is 0 Å². The van der Waals surface area contributed by atoms with Crippen LogP contribution in [0.3, 0.4) is 0 Å². The van der Waals surface area contributed by atoms with Crippen LogP contribution in [0.25, 0.3) is 0 Å². The number of hydrogen-bond acceptors (Lipinski definition) is 6. The molecule has 9 heteroatoms. The van der Waals surface area contributed by atoms with E-state index < -0.39 is 0 Å². The maximum atomic E-state index is 11.7. The van der Waals surface area contributed by atoms with Crippen molar-refractivity contribution in [1.82, 2.24) is 30.1 Å². The SMILES string of the molecule is Cn1nnnc1SCCNC(=O)Cn1ccc(=O)cc1. The summed E-state index contributed by atoms with van der Waals surface area (Å²) < 4.78 is 3.23. The second-order valence-corrected chi connectivity index (χ2v) is 5.05. The quantitative estimate of drug-likeness (QED) is 0.558. The van der Waals surface area contributed by atoms with Gasteiger partial charge in [-0.3, -0.25) is 9.59 Å². The van der Waals surface area contributed by atoms with Crippen LogP contribution in [0.2, 0.25) is 0 Å². The second-order valence-electron chi connectivity index (χ2n) is 3.99. The lowest BCUT2D eigenvalue weighted by atomic mass is 10.4. The average Bonchev–Trinajstić information content (AvgIpc) is 2.83. The van der Waals surface area contributed by atoms with E-state index in [0.29, 0.717) is 17.5 Å². The van der Waals surface area contributed by atoms with Gasteiger partial charge in [0, 0.05) is 43.9 Å². The Hall–Kier alpha value is -2.16. The molecule has 0 radical (unpaired) electrons. The number of tetrazole rings is 1. The highest BCUT2D eigenvalue weighted by Crippen LogP contribution is 2.10. The molecule has 0 aliphatic heterocycles. The van der Waals surface area contributed by atoms with E-state index in [-0.39, 0.29) is 17.9 Å². The zero-order valence-electron chi connectivity index (χ0n) is 10.9. The van der Waals surface area contributed by atoms with E-state index in [0.717, 1.165) is 0 Å². The molecular formula is C11H14N6O2S. The van der Waals surface area contributed by atoms with E-state index in [1.807, 2.05) is 0 Å². The Bertz CT molecular complexity index is 617. The Morgan fingerprint density at radius 2 is 2.15 bits per heavy atom. The number of hydrogen-bond donors (Lipinski definition) is 1. The summed E-state index contributed by atoms with van der Waals surface area (Å²) in [6, 6.07) is 2.84. The summed E-state index contributed by atoms with van der Waals surface area (Å²) in [7, 11) is 1.76. The third-order valence-electron chi connectivity index (χ3n) is 2.42. The number of aromatic nitrogens is 5. The molecule has 2 aromatic rings. The number of carbonyl (C=O) groups excluding carboxylic acids is 1. The van der Waals surface area contributed by atoms with E-state index >= 15 is 0 Å². The van der Waals surface area contributed by atoms with Gasteiger partial charge >= 0.3 is 0 Å². The van der Waals surface area contributed by atoms with Gasteiger partial charge in [-0.25, -0.2) is 4.68 Å². The Morgan fingerprint density at radius 3 is 2.80 bits per heavy atom. The number of rotatable bonds is 6. The minimum Gasteiger partial charge on any atom is -0.354 e. The first-order valence-electron chi connectivity index (χ1n) is 5.93. The van der Waals surface area contributed by atoms with Crippen molar-refractivity contribution in [2.24, 2.45) is 7.05 Å². The summed E-state index contributed by atoms with van der Waals surface area (Å²) in [6.45, 7) is 0.715. The highest BCUT2D eigenvalue weighted by atomic mass is 32.2. The lowest BCUT2D eigenvalue weighted by Gasteiger charge is -2.06. The minimum atomic E-state index is -0.106. The van der Waals surface area contributed by atoms with Crippen molar-refractivity contribution in [3.05, 3.63) is 34.7 Å². The molecule has 8 nitrogen and oxygen atoms in total. The summed E-state index contributed by atoms with van der Waals surface area (Å²) >= 11 is 1.47. The van der Waals surface area contributed by atoms with Gasteiger partial charge in [0.25, 0.3) is 0 Å². The van der Waals surface area contributed by atoms with Crippen LogP contribution in [0.15, 0.2) is 34.5 Å². The fourth-order valence-corrected chi connectivity index (χ4v) is 2.15. The number of carbonyl (C=O) groups is 1. The first-order chi connectivity index (χ1) is 9.65. The zero-order valence-corrected chi connectivity index (χ0v) is 11.7. The van der Waals surface area contributed by atoms with E-state index in [1.54, 1.807) is 28.7 Å². The Balaban J connectivity index is 1.69. The molecule has 0 spiro atoms. The van der Waals surface area contributed by atoms with E-state index in [9.17, 15) is 9.59 Å². The Labute approximate surface area is 119 Å². The van der Waals surface area contributed by atoms with Crippen LogP contribution in [-0.2, 0) is 18.4 Å². The molecule has 20 heavy (non-hydrogen) atoms. The molecule has 2 aromatic heterocycles. The predicted molar refractivity (Wildman–Crippen MR) is 73.2 cm³/mol. The van der Waals surface area contributed by atoms with Gasteiger partial charge in [-0.2, -0.15) is 0 Å². The maximum absolute atomic E-state index is 11.7. The smallest absolute Gasteiger partial charge is 0.239 e. The largest absolute Gasteiger partial charge is 0.354 e. The highest BCUT2D eigenvalue weighted by Gasteiger charge is 2.04. The molecule has 0 fully saturated rings. The van der Waals surface area contributed by atoms with Crippen LogP contribution in [0.1, 0.15) is 0 Å². The Morgan fingerprint density at radius 1 is 1.40 bits per heavy atom. The monoisotopic (exact) mass is 294 g/mol. The lowest BCUT2D eigenvalue weighted by Crippen LogP contribution is -2.29. The van der Waals surface area contributed by atoms with Crippen molar-refractivity contribution < 1.29 is 4.79 Å². The number of pyridine rings is 1. The van der Waals surface area contributed by atoms with Crippen molar-refractivity contribution in [3.8, 4) is 0 Å². The van der Waals surface area contributed by atoms with Crippen molar-refractivity contribution >= 4 is 17.7 Å². The number of nitrogens with one attached hydrogen (secondary N) is 1. The van der Waals surface area contributed by atoms with E-state index in [4.69, 9.17) is 0 Å². The molecule has 0 aliphatic rings. The molecule has 2 heterocycles. The average molecular weight is 294 g/mol. The van der Waals surface area contributed by atoms with Crippen LogP contribution in [-0.4, -0.2) is 43.0 Å². The van der Waals surface area contributed by atoms with Crippen molar-refractivity contribution in [2.75, 3.05) is 12.3 Å². The van der Waals surface area contributed by atoms with Crippen LogP contribution >= 0.6 is 11.8 Å². The van der Waals surface area contributed by atoms with E-state index in [1.165, 1.54) is 23.9 Å². The van der Waals surface area contributed by atoms with Crippen LogP contribution < -0.4 is 10.7 Å². The normalized spacial score (nSPS) is 10.4. The standard InChI is InChI=1S/C11H14N6O2S/c1-16-11(13-14-15-16)20-7-4-12-10(19)8-17-5-2-9(18)3-6-17/h2-3,5-6H,4,7-8H2,1H3,(H,12,19). The summed E-state index contributed by atoms with van der Waals surface area (Å²) in [4.78, 5) is 22.6. The summed E-state index contributed by atoms with van der Waals surface area (Å²) in [5, 5.41) is 14.6. The van der Waals surface area contributed by atoms with Gasteiger partial charge < -0.3 is 9.88 Å². The molecule has 1 amide bonds. The third-order valence-corrected chi connectivity index (χ3v) is 3.44. The molecule has 0 bridgehead atoms. The van der Waals surface area contributed by atoms with Gasteiger partial charge in [0.15, 0.2) is 5.43 Å². The number of nitrogens with zero attached hydrogens (tertiary/aromatic N) is 5. The number of amides is 1. The molecule has 1 N–H and O–H groups in total. The van der Waals surface area contributed by atoms with E-state index in [2.05, 4.69) is 20.8 Å². The first kappa shape index (κ1) is 14.3. The third kappa shape index (κ3) is 4.19.